The lowest BCUT2D eigenvalue weighted by molar-refractivity contribution is -0.167. The van der Waals surface area contributed by atoms with Crippen LogP contribution in [0.2, 0.25) is 0 Å². The predicted octanol–water partition coefficient (Wildman–Crippen LogP) is 1.15. The highest BCUT2D eigenvalue weighted by Gasteiger charge is 2.30. The molecule has 0 aliphatic heterocycles. The SMILES string of the molecule is CCCNNC(CC)(OCC)N(C)C. The van der Waals surface area contributed by atoms with Crippen LogP contribution in [-0.4, -0.2) is 38.0 Å². The molecule has 0 saturated carbocycles. The van der Waals surface area contributed by atoms with Crippen molar-refractivity contribution < 1.29 is 4.74 Å². The van der Waals surface area contributed by atoms with E-state index in [0.29, 0.717) is 6.61 Å². The molecule has 0 aliphatic carbocycles. The Hall–Kier alpha value is -0.160. The van der Waals surface area contributed by atoms with Crippen molar-refractivity contribution in [3.05, 3.63) is 0 Å². The zero-order valence-electron chi connectivity index (χ0n) is 10.2. The summed E-state index contributed by atoms with van der Waals surface area (Å²) in [6.07, 6.45) is 2.00. The van der Waals surface area contributed by atoms with Gasteiger partial charge >= 0.3 is 0 Å². The number of nitrogens with zero attached hydrogens (tertiary/aromatic N) is 1. The lowest BCUT2D eigenvalue weighted by Crippen LogP contribution is -2.62. The molecule has 0 bridgehead atoms. The molecule has 0 heterocycles. The zero-order chi connectivity index (χ0) is 11.0. The van der Waals surface area contributed by atoms with Gasteiger partial charge in [-0.15, -0.1) is 0 Å². The van der Waals surface area contributed by atoms with Crippen LogP contribution in [-0.2, 0) is 4.74 Å². The average molecular weight is 203 g/mol. The van der Waals surface area contributed by atoms with Gasteiger partial charge in [0, 0.05) is 19.6 Å². The largest absolute Gasteiger partial charge is 0.346 e. The van der Waals surface area contributed by atoms with Crippen LogP contribution >= 0.6 is 0 Å². The molecule has 0 radical (unpaired) electrons. The summed E-state index contributed by atoms with van der Waals surface area (Å²) < 4.78 is 5.74. The molecular formula is C10H25N3O. The number of ether oxygens (including phenoxy) is 1. The van der Waals surface area contributed by atoms with E-state index in [-0.39, 0.29) is 5.85 Å². The van der Waals surface area contributed by atoms with E-state index >= 15 is 0 Å². The highest BCUT2D eigenvalue weighted by atomic mass is 16.5. The number of hydrogen-bond acceptors (Lipinski definition) is 4. The van der Waals surface area contributed by atoms with Gasteiger partial charge in [0.15, 0.2) is 5.85 Å². The fraction of sp³-hybridized carbons (Fsp3) is 1.00. The Bertz CT molecular complexity index is 141. The summed E-state index contributed by atoms with van der Waals surface area (Å²) in [6.45, 7) is 7.90. The Balaban J connectivity index is 4.19. The van der Waals surface area contributed by atoms with Gasteiger partial charge in [-0.05, 0) is 27.4 Å². The fourth-order valence-electron chi connectivity index (χ4n) is 1.35. The number of nitrogens with one attached hydrogen (secondary N) is 2. The predicted molar refractivity (Wildman–Crippen MR) is 59.8 cm³/mol. The minimum absolute atomic E-state index is 0.385. The van der Waals surface area contributed by atoms with Gasteiger partial charge in [0.25, 0.3) is 0 Å². The van der Waals surface area contributed by atoms with Gasteiger partial charge in [-0.2, -0.15) is 0 Å². The molecule has 0 aromatic heterocycles. The molecule has 1 unspecified atom stereocenters. The highest BCUT2D eigenvalue weighted by Crippen LogP contribution is 2.13. The molecule has 0 amide bonds. The van der Waals surface area contributed by atoms with E-state index in [9.17, 15) is 0 Å². The first-order valence-corrected chi connectivity index (χ1v) is 5.44. The van der Waals surface area contributed by atoms with Crippen molar-refractivity contribution in [2.75, 3.05) is 27.2 Å². The minimum atomic E-state index is -0.385. The first-order valence-electron chi connectivity index (χ1n) is 5.44. The van der Waals surface area contributed by atoms with E-state index in [1.54, 1.807) is 0 Å². The van der Waals surface area contributed by atoms with Crippen molar-refractivity contribution >= 4 is 0 Å². The van der Waals surface area contributed by atoms with Crippen LogP contribution in [0.1, 0.15) is 33.6 Å². The quantitative estimate of drug-likeness (QED) is 0.352. The van der Waals surface area contributed by atoms with E-state index in [2.05, 4.69) is 29.6 Å². The fourth-order valence-corrected chi connectivity index (χ4v) is 1.35. The molecule has 14 heavy (non-hydrogen) atoms. The van der Waals surface area contributed by atoms with Crippen LogP contribution in [0, 0.1) is 0 Å². The summed E-state index contributed by atoms with van der Waals surface area (Å²) in [4.78, 5) is 2.05. The minimum Gasteiger partial charge on any atom is -0.346 e. The summed E-state index contributed by atoms with van der Waals surface area (Å²) >= 11 is 0. The molecule has 4 heteroatoms. The van der Waals surface area contributed by atoms with Crippen molar-refractivity contribution in [2.24, 2.45) is 0 Å². The van der Waals surface area contributed by atoms with E-state index < -0.39 is 0 Å². The average Bonchev–Trinajstić information content (AvgIpc) is 2.16. The second kappa shape index (κ2) is 7.17. The topological polar surface area (TPSA) is 36.5 Å². The van der Waals surface area contributed by atoms with Crippen LogP contribution in [0.15, 0.2) is 0 Å². The van der Waals surface area contributed by atoms with Crippen molar-refractivity contribution in [1.82, 2.24) is 15.8 Å². The normalized spacial score (nSPS) is 15.9. The van der Waals surface area contributed by atoms with Crippen LogP contribution in [0.4, 0.5) is 0 Å². The monoisotopic (exact) mass is 203 g/mol. The first kappa shape index (κ1) is 13.8. The molecule has 2 N–H and O–H groups in total. The third-order valence-corrected chi connectivity index (χ3v) is 2.24. The summed E-state index contributed by atoms with van der Waals surface area (Å²) in [6, 6.07) is 0. The lowest BCUT2D eigenvalue weighted by Gasteiger charge is -2.39. The molecule has 0 aliphatic rings. The van der Waals surface area contributed by atoms with Gasteiger partial charge in [0.1, 0.15) is 0 Å². The van der Waals surface area contributed by atoms with Crippen molar-refractivity contribution in [3.63, 3.8) is 0 Å². The van der Waals surface area contributed by atoms with Gasteiger partial charge in [0.05, 0.1) is 0 Å². The Kier molecular flexibility index (Phi) is 7.09. The Morgan fingerprint density at radius 3 is 2.21 bits per heavy atom. The second-order valence-corrected chi connectivity index (χ2v) is 3.52. The second-order valence-electron chi connectivity index (χ2n) is 3.52. The Morgan fingerprint density at radius 1 is 1.21 bits per heavy atom. The summed E-state index contributed by atoms with van der Waals surface area (Å²) in [5.41, 5.74) is 6.41. The van der Waals surface area contributed by atoms with Crippen LogP contribution in [0.3, 0.4) is 0 Å². The molecular weight excluding hydrogens is 178 g/mol. The van der Waals surface area contributed by atoms with E-state index in [1.807, 2.05) is 21.0 Å². The maximum atomic E-state index is 5.74. The molecule has 0 rings (SSSR count). The van der Waals surface area contributed by atoms with Gasteiger partial charge in [-0.3, -0.25) is 10.3 Å². The Morgan fingerprint density at radius 2 is 1.86 bits per heavy atom. The zero-order valence-corrected chi connectivity index (χ0v) is 10.2. The lowest BCUT2D eigenvalue weighted by atomic mass is 10.3. The number of hydrogen-bond donors (Lipinski definition) is 2. The molecule has 86 valence electrons. The van der Waals surface area contributed by atoms with Crippen molar-refractivity contribution in [1.29, 1.82) is 0 Å². The number of hydrazine groups is 1. The van der Waals surface area contributed by atoms with E-state index in [0.717, 1.165) is 19.4 Å². The van der Waals surface area contributed by atoms with E-state index in [4.69, 9.17) is 4.74 Å². The summed E-state index contributed by atoms with van der Waals surface area (Å²) in [5.74, 6) is -0.385. The van der Waals surface area contributed by atoms with E-state index in [1.165, 1.54) is 0 Å². The third kappa shape index (κ3) is 3.92. The molecule has 0 saturated heterocycles. The molecule has 4 nitrogen and oxygen atoms in total. The van der Waals surface area contributed by atoms with Crippen molar-refractivity contribution in [3.8, 4) is 0 Å². The molecule has 0 aromatic carbocycles. The van der Waals surface area contributed by atoms with Gasteiger partial charge in [-0.1, -0.05) is 13.8 Å². The first-order chi connectivity index (χ1) is 6.63. The van der Waals surface area contributed by atoms with Gasteiger partial charge < -0.3 is 4.74 Å². The maximum absolute atomic E-state index is 5.74. The van der Waals surface area contributed by atoms with Gasteiger partial charge in [0.2, 0.25) is 0 Å². The van der Waals surface area contributed by atoms with Crippen LogP contribution in [0.5, 0.6) is 0 Å². The standard InChI is InChI=1S/C10H25N3O/c1-6-9-11-12-10(7-2,13(4)5)14-8-3/h11-12H,6-9H2,1-5H3. The maximum Gasteiger partial charge on any atom is 0.188 e. The van der Waals surface area contributed by atoms with Gasteiger partial charge in [-0.25, -0.2) is 5.43 Å². The summed E-state index contributed by atoms with van der Waals surface area (Å²) in [5, 5.41) is 0. The van der Waals surface area contributed by atoms with Crippen LogP contribution in [0.25, 0.3) is 0 Å². The molecule has 0 spiro atoms. The molecule has 0 fully saturated rings. The smallest absolute Gasteiger partial charge is 0.188 e. The molecule has 1 atom stereocenters. The highest BCUT2D eigenvalue weighted by molar-refractivity contribution is 4.71. The summed E-state index contributed by atoms with van der Waals surface area (Å²) in [7, 11) is 4.03. The van der Waals surface area contributed by atoms with Crippen LogP contribution < -0.4 is 10.9 Å². The molecule has 0 aromatic rings. The number of rotatable bonds is 8. The van der Waals surface area contributed by atoms with Crippen molar-refractivity contribution in [2.45, 2.75) is 39.5 Å². The Labute approximate surface area is 88.0 Å². The third-order valence-electron chi connectivity index (χ3n) is 2.24.